The van der Waals surface area contributed by atoms with Crippen LogP contribution in [-0.4, -0.2) is 17.3 Å². The predicted octanol–water partition coefficient (Wildman–Crippen LogP) is 2.04. The van der Waals surface area contributed by atoms with Gasteiger partial charge in [-0.1, -0.05) is 24.4 Å². The summed E-state index contributed by atoms with van der Waals surface area (Å²) in [4.78, 5) is 13.9. The monoisotopic (exact) mass is 191 g/mol. The van der Waals surface area contributed by atoms with Crippen LogP contribution in [0.1, 0.15) is 17.3 Å². The number of para-hydroxylation sites is 1. The standard InChI is InChI=1S/C10H9NOS/c1-2-11-8-6-4-3-5-7(8)9(12)10(11)13/h3-6H,2H2,1H3. The van der Waals surface area contributed by atoms with Gasteiger partial charge in [0.15, 0.2) is 4.99 Å². The third kappa shape index (κ3) is 1.08. The van der Waals surface area contributed by atoms with Gasteiger partial charge >= 0.3 is 0 Å². The number of nitrogens with zero attached hydrogens (tertiary/aromatic N) is 1. The smallest absolute Gasteiger partial charge is 0.222 e. The summed E-state index contributed by atoms with van der Waals surface area (Å²) in [6.07, 6.45) is 0. The number of benzene rings is 1. The lowest BCUT2D eigenvalue weighted by atomic mass is 10.1. The quantitative estimate of drug-likeness (QED) is 0.633. The maximum atomic E-state index is 11.6. The Morgan fingerprint density at radius 2 is 2.08 bits per heavy atom. The topological polar surface area (TPSA) is 20.3 Å². The van der Waals surface area contributed by atoms with Gasteiger partial charge < -0.3 is 4.90 Å². The molecule has 66 valence electrons. The van der Waals surface area contributed by atoms with Crippen LogP contribution in [0.5, 0.6) is 0 Å². The molecule has 0 aromatic heterocycles. The highest BCUT2D eigenvalue weighted by molar-refractivity contribution is 7.82. The highest BCUT2D eigenvalue weighted by atomic mass is 32.1. The molecule has 0 spiro atoms. The molecular formula is C10H9NOS. The number of hydrogen-bond acceptors (Lipinski definition) is 2. The van der Waals surface area contributed by atoms with Crippen LogP contribution in [0.15, 0.2) is 24.3 Å². The van der Waals surface area contributed by atoms with Crippen LogP contribution in [0.2, 0.25) is 0 Å². The summed E-state index contributed by atoms with van der Waals surface area (Å²) in [5.41, 5.74) is 1.68. The Bertz CT molecular complexity index is 386. The van der Waals surface area contributed by atoms with Gasteiger partial charge in [-0.3, -0.25) is 4.79 Å². The van der Waals surface area contributed by atoms with Crippen LogP contribution < -0.4 is 4.90 Å². The third-order valence-corrected chi connectivity index (χ3v) is 2.60. The van der Waals surface area contributed by atoms with Gasteiger partial charge in [0, 0.05) is 12.1 Å². The number of hydrogen-bond donors (Lipinski definition) is 0. The van der Waals surface area contributed by atoms with E-state index >= 15 is 0 Å². The number of carbonyl (C=O) groups is 1. The van der Waals surface area contributed by atoms with Crippen LogP contribution in [-0.2, 0) is 0 Å². The van der Waals surface area contributed by atoms with Crippen LogP contribution >= 0.6 is 12.2 Å². The van der Waals surface area contributed by atoms with Crippen LogP contribution in [0, 0.1) is 0 Å². The summed E-state index contributed by atoms with van der Waals surface area (Å²) in [6, 6.07) is 7.52. The fraction of sp³-hybridized carbons (Fsp3) is 0.200. The molecule has 0 N–H and O–H groups in total. The summed E-state index contributed by atoms with van der Waals surface area (Å²) in [5.74, 6) is -0.0209. The molecule has 1 aliphatic heterocycles. The normalized spacial score (nSPS) is 15.0. The molecule has 2 nitrogen and oxygen atoms in total. The van der Waals surface area contributed by atoms with Crippen molar-refractivity contribution < 1.29 is 4.79 Å². The number of likely N-dealkylation sites (N-methyl/N-ethyl adjacent to an activating group) is 1. The number of rotatable bonds is 1. The Kier molecular flexibility index (Phi) is 1.88. The third-order valence-electron chi connectivity index (χ3n) is 2.20. The number of fused-ring (bicyclic) bond motifs is 1. The first kappa shape index (κ1) is 8.38. The molecule has 0 saturated carbocycles. The fourth-order valence-corrected chi connectivity index (χ4v) is 1.90. The molecule has 1 aliphatic rings. The van der Waals surface area contributed by atoms with Crippen molar-refractivity contribution in [3.05, 3.63) is 29.8 Å². The number of anilines is 1. The average Bonchev–Trinajstić information content (AvgIpc) is 2.41. The van der Waals surface area contributed by atoms with E-state index in [1.54, 1.807) is 0 Å². The van der Waals surface area contributed by atoms with Crippen molar-refractivity contribution in [2.24, 2.45) is 0 Å². The Labute approximate surface area is 82.2 Å². The minimum absolute atomic E-state index is 0.0209. The molecule has 1 aromatic carbocycles. The molecular weight excluding hydrogens is 182 g/mol. The lowest BCUT2D eigenvalue weighted by Gasteiger charge is -2.14. The summed E-state index contributed by atoms with van der Waals surface area (Å²) in [6.45, 7) is 2.74. The van der Waals surface area contributed by atoms with Crippen LogP contribution in [0.3, 0.4) is 0 Å². The second-order valence-corrected chi connectivity index (χ2v) is 3.28. The molecule has 0 fully saturated rings. The lowest BCUT2D eigenvalue weighted by molar-refractivity contribution is 0.107. The second kappa shape index (κ2) is 2.92. The van der Waals surface area contributed by atoms with Crippen molar-refractivity contribution in [1.82, 2.24) is 0 Å². The summed E-state index contributed by atoms with van der Waals surface area (Å²) < 4.78 is 0. The van der Waals surface area contributed by atoms with Gasteiger partial charge in [0.2, 0.25) is 5.78 Å². The van der Waals surface area contributed by atoms with E-state index in [2.05, 4.69) is 0 Å². The van der Waals surface area contributed by atoms with E-state index in [0.717, 1.165) is 17.8 Å². The second-order valence-electron chi connectivity index (χ2n) is 2.90. The molecule has 1 aromatic rings. The number of carbonyl (C=O) groups excluding carboxylic acids is 1. The van der Waals surface area contributed by atoms with E-state index in [0.29, 0.717) is 4.99 Å². The molecule has 0 aliphatic carbocycles. The van der Waals surface area contributed by atoms with Gasteiger partial charge in [-0.05, 0) is 19.1 Å². The van der Waals surface area contributed by atoms with Crippen molar-refractivity contribution in [3.8, 4) is 0 Å². The van der Waals surface area contributed by atoms with Crippen molar-refractivity contribution in [2.45, 2.75) is 6.92 Å². The Balaban J connectivity index is 2.60. The molecule has 13 heavy (non-hydrogen) atoms. The summed E-state index contributed by atoms with van der Waals surface area (Å²) in [7, 11) is 0. The van der Waals surface area contributed by atoms with Gasteiger partial charge in [0.05, 0.1) is 5.69 Å². The van der Waals surface area contributed by atoms with Crippen molar-refractivity contribution in [3.63, 3.8) is 0 Å². The summed E-state index contributed by atoms with van der Waals surface area (Å²) >= 11 is 5.04. The first-order valence-electron chi connectivity index (χ1n) is 4.21. The van der Waals surface area contributed by atoms with E-state index in [1.165, 1.54) is 0 Å². The minimum atomic E-state index is -0.0209. The molecule has 1 heterocycles. The number of Topliss-reactive ketones (excluding diaryl/α,β-unsaturated/α-hetero) is 1. The molecule has 0 saturated heterocycles. The van der Waals surface area contributed by atoms with Crippen LogP contribution in [0.25, 0.3) is 0 Å². The summed E-state index contributed by atoms with van der Waals surface area (Å²) in [5, 5.41) is 0. The lowest BCUT2D eigenvalue weighted by Crippen LogP contribution is -2.27. The zero-order valence-corrected chi connectivity index (χ0v) is 8.10. The number of ketones is 1. The first-order valence-corrected chi connectivity index (χ1v) is 4.61. The van der Waals surface area contributed by atoms with Gasteiger partial charge in [-0.2, -0.15) is 0 Å². The van der Waals surface area contributed by atoms with E-state index < -0.39 is 0 Å². The highest BCUT2D eigenvalue weighted by Gasteiger charge is 2.30. The van der Waals surface area contributed by atoms with Gasteiger partial charge in [0.25, 0.3) is 0 Å². The Morgan fingerprint density at radius 3 is 2.77 bits per heavy atom. The van der Waals surface area contributed by atoms with Crippen molar-refractivity contribution in [2.75, 3.05) is 11.4 Å². The minimum Gasteiger partial charge on any atom is -0.329 e. The van der Waals surface area contributed by atoms with Crippen molar-refractivity contribution >= 4 is 28.7 Å². The van der Waals surface area contributed by atoms with E-state index in [4.69, 9.17) is 12.2 Å². The fourth-order valence-electron chi connectivity index (χ4n) is 1.56. The zero-order chi connectivity index (χ0) is 9.42. The number of thiocarbonyl (C=S) groups is 1. The Morgan fingerprint density at radius 1 is 1.38 bits per heavy atom. The predicted molar refractivity (Wildman–Crippen MR) is 56.4 cm³/mol. The van der Waals surface area contributed by atoms with Gasteiger partial charge in [0.1, 0.15) is 0 Å². The van der Waals surface area contributed by atoms with Crippen LogP contribution in [0.4, 0.5) is 5.69 Å². The van der Waals surface area contributed by atoms with E-state index in [9.17, 15) is 4.79 Å². The maximum Gasteiger partial charge on any atom is 0.222 e. The van der Waals surface area contributed by atoms with E-state index in [1.807, 2.05) is 36.1 Å². The SMILES string of the molecule is CCN1C(=S)C(=O)c2ccccc21. The highest BCUT2D eigenvalue weighted by Crippen LogP contribution is 2.28. The van der Waals surface area contributed by atoms with Gasteiger partial charge in [-0.15, -0.1) is 0 Å². The largest absolute Gasteiger partial charge is 0.329 e. The molecule has 0 amide bonds. The average molecular weight is 191 g/mol. The molecule has 0 radical (unpaired) electrons. The van der Waals surface area contributed by atoms with Gasteiger partial charge in [-0.25, -0.2) is 0 Å². The molecule has 2 rings (SSSR count). The molecule has 3 heteroatoms. The zero-order valence-electron chi connectivity index (χ0n) is 7.28. The maximum absolute atomic E-state index is 11.6. The first-order chi connectivity index (χ1) is 6.25. The van der Waals surface area contributed by atoms with E-state index in [-0.39, 0.29) is 5.78 Å². The molecule has 0 atom stereocenters. The molecule has 0 bridgehead atoms. The van der Waals surface area contributed by atoms with Crippen molar-refractivity contribution in [1.29, 1.82) is 0 Å². The molecule has 0 unspecified atom stereocenters. The Hall–Kier alpha value is -1.22.